The Bertz CT molecular complexity index is 561. The lowest BCUT2D eigenvalue weighted by atomic mass is 9.82. The summed E-state index contributed by atoms with van der Waals surface area (Å²) in [5.41, 5.74) is -0.296. The molecule has 1 aromatic heterocycles. The van der Waals surface area contributed by atoms with Crippen molar-refractivity contribution in [3.63, 3.8) is 0 Å². The van der Waals surface area contributed by atoms with Crippen LogP contribution in [-0.2, 0) is 4.79 Å². The first-order chi connectivity index (χ1) is 9.33. The largest absolute Gasteiger partial charge is 0.481 e. The van der Waals surface area contributed by atoms with Crippen molar-refractivity contribution in [2.45, 2.75) is 26.7 Å². The van der Waals surface area contributed by atoms with Crippen LogP contribution >= 0.6 is 0 Å². The summed E-state index contributed by atoms with van der Waals surface area (Å²) in [7, 11) is 0. The van der Waals surface area contributed by atoms with Crippen molar-refractivity contribution in [3.8, 4) is 0 Å². The number of nitrogens with zero attached hydrogens (tertiary/aromatic N) is 3. The molecule has 1 aromatic rings. The standard InChI is InChI=1S/C13H17N3O4/c1-9-4-5-10(16(19)20)11(14-9)15-7-3-6-13(2,8-15)12(17)18/h4-5H,3,6-8H2,1-2H3,(H,17,18). The van der Waals surface area contributed by atoms with E-state index in [4.69, 9.17) is 0 Å². The SMILES string of the molecule is Cc1ccc([N+](=O)[O-])c(N2CCCC(C)(C(=O)O)C2)n1. The van der Waals surface area contributed by atoms with Gasteiger partial charge in [0.1, 0.15) is 0 Å². The summed E-state index contributed by atoms with van der Waals surface area (Å²) in [5, 5.41) is 20.4. The second-order valence-corrected chi connectivity index (χ2v) is 5.44. The number of anilines is 1. The lowest BCUT2D eigenvalue weighted by molar-refractivity contribution is -0.384. The third-order valence-electron chi connectivity index (χ3n) is 3.70. The molecule has 1 aliphatic rings. The van der Waals surface area contributed by atoms with Gasteiger partial charge in [0.2, 0.25) is 5.82 Å². The van der Waals surface area contributed by atoms with Crippen LogP contribution in [-0.4, -0.2) is 34.1 Å². The summed E-state index contributed by atoms with van der Waals surface area (Å²) in [5.74, 6) is -0.611. The van der Waals surface area contributed by atoms with Gasteiger partial charge in [0, 0.05) is 24.8 Å². The van der Waals surface area contributed by atoms with E-state index in [-0.39, 0.29) is 18.1 Å². The lowest BCUT2D eigenvalue weighted by Crippen LogP contribution is -2.46. The van der Waals surface area contributed by atoms with Crippen LogP contribution in [0.3, 0.4) is 0 Å². The highest BCUT2D eigenvalue weighted by molar-refractivity contribution is 5.76. The number of hydrogen-bond acceptors (Lipinski definition) is 5. The molecule has 1 atom stereocenters. The summed E-state index contributed by atoms with van der Waals surface area (Å²) in [6.07, 6.45) is 1.24. The van der Waals surface area contributed by atoms with Gasteiger partial charge in [-0.25, -0.2) is 4.98 Å². The highest BCUT2D eigenvalue weighted by Crippen LogP contribution is 2.35. The first kappa shape index (κ1) is 14.2. The Morgan fingerprint density at radius 1 is 1.55 bits per heavy atom. The summed E-state index contributed by atoms with van der Waals surface area (Å²) in [6, 6.07) is 3.01. The maximum Gasteiger partial charge on any atom is 0.311 e. The van der Waals surface area contributed by atoms with E-state index >= 15 is 0 Å². The highest BCUT2D eigenvalue weighted by atomic mass is 16.6. The number of rotatable bonds is 3. The van der Waals surface area contributed by atoms with E-state index in [0.717, 1.165) is 0 Å². The minimum Gasteiger partial charge on any atom is -0.481 e. The van der Waals surface area contributed by atoms with Gasteiger partial charge in [-0.1, -0.05) is 0 Å². The lowest BCUT2D eigenvalue weighted by Gasteiger charge is -2.37. The number of aliphatic carboxylic acids is 1. The second-order valence-electron chi connectivity index (χ2n) is 5.44. The molecule has 0 aliphatic carbocycles. The highest BCUT2D eigenvalue weighted by Gasteiger charge is 2.39. The monoisotopic (exact) mass is 279 g/mol. The molecule has 0 radical (unpaired) electrons. The number of hydrogen-bond donors (Lipinski definition) is 1. The fourth-order valence-corrected chi connectivity index (χ4v) is 2.51. The fourth-order valence-electron chi connectivity index (χ4n) is 2.51. The Labute approximate surface area is 116 Å². The molecule has 1 N–H and O–H groups in total. The third kappa shape index (κ3) is 2.56. The van der Waals surface area contributed by atoms with E-state index in [1.54, 1.807) is 24.8 Å². The molecule has 1 unspecified atom stereocenters. The molecule has 7 heteroatoms. The Kier molecular flexibility index (Phi) is 3.61. The van der Waals surface area contributed by atoms with Gasteiger partial charge in [-0.2, -0.15) is 0 Å². The number of pyridine rings is 1. The Morgan fingerprint density at radius 2 is 2.25 bits per heavy atom. The maximum atomic E-state index is 11.4. The van der Waals surface area contributed by atoms with Gasteiger partial charge in [-0.3, -0.25) is 14.9 Å². The van der Waals surface area contributed by atoms with Gasteiger partial charge >= 0.3 is 11.7 Å². The number of aromatic nitrogens is 1. The Morgan fingerprint density at radius 3 is 2.85 bits per heavy atom. The summed E-state index contributed by atoms with van der Waals surface area (Å²) < 4.78 is 0. The number of aryl methyl sites for hydroxylation is 1. The molecule has 0 bridgehead atoms. The maximum absolute atomic E-state index is 11.4. The minimum absolute atomic E-state index is 0.0785. The van der Waals surface area contributed by atoms with Crippen LogP contribution in [0.25, 0.3) is 0 Å². The van der Waals surface area contributed by atoms with Crippen molar-refractivity contribution in [3.05, 3.63) is 27.9 Å². The zero-order valence-corrected chi connectivity index (χ0v) is 11.5. The predicted molar refractivity (Wildman–Crippen MR) is 72.8 cm³/mol. The van der Waals surface area contributed by atoms with Crippen LogP contribution in [0, 0.1) is 22.5 Å². The second kappa shape index (κ2) is 5.07. The zero-order valence-electron chi connectivity index (χ0n) is 11.5. The average Bonchev–Trinajstić information content (AvgIpc) is 2.38. The fraction of sp³-hybridized carbons (Fsp3) is 0.538. The first-order valence-corrected chi connectivity index (χ1v) is 6.44. The molecule has 108 valence electrons. The number of carboxylic acid groups (broad SMARTS) is 1. The normalized spacial score (nSPS) is 22.6. The van der Waals surface area contributed by atoms with E-state index in [9.17, 15) is 20.0 Å². The molecule has 1 saturated heterocycles. The quantitative estimate of drug-likeness (QED) is 0.671. The molecule has 2 rings (SSSR count). The Balaban J connectivity index is 2.38. The number of piperidine rings is 1. The molecule has 0 aromatic carbocycles. The van der Waals surface area contributed by atoms with Gasteiger partial charge in [-0.15, -0.1) is 0 Å². The molecule has 2 heterocycles. The molecule has 1 aliphatic heterocycles. The van der Waals surface area contributed by atoms with Crippen molar-refractivity contribution in [2.75, 3.05) is 18.0 Å². The van der Waals surface area contributed by atoms with Crippen molar-refractivity contribution in [1.29, 1.82) is 0 Å². The summed E-state index contributed by atoms with van der Waals surface area (Å²) in [4.78, 5) is 27.9. The van der Waals surface area contributed by atoms with Crippen LogP contribution < -0.4 is 4.90 Å². The summed E-state index contributed by atoms with van der Waals surface area (Å²) >= 11 is 0. The van der Waals surface area contributed by atoms with E-state index in [1.165, 1.54) is 6.07 Å². The topological polar surface area (TPSA) is 96.6 Å². The summed E-state index contributed by atoms with van der Waals surface area (Å²) in [6.45, 7) is 4.25. The van der Waals surface area contributed by atoms with E-state index in [2.05, 4.69) is 4.98 Å². The first-order valence-electron chi connectivity index (χ1n) is 6.44. The number of carboxylic acids is 1. The molecular weight excluding hydrogens is 262 g/mol. The third-order valence-corrected chi connectivity index (χ3v) is 3.70. The van der Waals surface area contributed by atoms with Gasteiger partial charge in [0.25, 0.3) is 0 Å². The predicted octanol–water partition coefficient (Wildman–Crippen LogP) is 1.99. The van der Waals surface area contributed by atoms with Gasteiger partial charge in [0.15, 0.2) is 0 Å². The number of carbonyl (C=O) groups is 1. The smallest absolute Gasteiger partial charge is 0.311 e. The zero-order chi connectivity index (χ0) is 14.9. The Hall–Kier alpha value is -2.18. The van der Waals surface area contributed by atoms with Gasteiger partial charge in [-0.05, 0) is 32.8 Å². The molecule has 0 saturated carbocycles. The van der Waals surface area contributed by atoms with E-state index < -0.39 is 16.3 Å². The number of nitro groups is 1. The molecule has 1 fully saturated rings. The van der Waals surface area contributed by atoms with Crippen LogP contribution in [0.4, 0.5) is 11.5 Å². The van der Waals surface area contributed by atoms with Gasteiger partial charge in [0.05, 0.1) is 10.3 Å². The molecular formula is C13H17N3O4. The van der Waals surface area contributed by atoms with E-state index in [1.807, 2.05) is 0 Å². The van der Waals surface area contributed by atoms with Crippen molar-refractivity contribution < 1.29 is 14.8 Å². The van der Waals surface area contributed by atoms with Crippen LogP contribution in [0.5, 0.6) is 0 Å². The minimum atomic E-state index is -0.891. The molecule has 7 nitrogen and oxygen atoms in total. The van der Waals surface area contributed by atoms with Gasteiger partial charge < -0.3 is 10.0 Å². The van der Waals surface area contributed by atoms with Crippen molar-refractivity contribution in [2.24, 2.45) is 5.41 Å². The van der Waals surface area contributed by atoms with Crippen LogP contribution in [0.1, 0.15) is 25.5 Å². The van der Waals surface area contributed by atoms with Crippen LogP contribution in [0.2, 0.25) is 0 Å². The average molecular weight is 279 g/mol. The van der Waals surface area contributed by atoms with Crippen molar-refractivity contribution >= 4 is 17.5 Å². The van der Waals surface area contributed by atoms with Crippen LogP contribution in [0.15, 0.2) is 12.1 Å². The molecule has 0 amide bonds. The molecule has 0 spiro atoms. The van der Waals surface area contributed by atoms with Crippen molar-refractivity contribution in [1.82, 2.24) is 4.98 Å². The molecule has 20 heavy (non-hydrogen) atoms. The van der Waals surface area contributed by atoms with E-state index in [0.29, 0.717) is 25.1 Å².